The molecule has 0 aliphatic carbocycles. The lowest BCUT2D eigenvalue weighted by molar-refractivity contribution is -0.138. The molecule has 0 heterocycles. The van der Waals surface area contributed by atoms with E-state index in [-0.39, 0.29) is 23.8 Å². The van der Waals surface area contributed by atoms with Crippen LogP contribution in [0.1, 0.15) is 33.6 Å². The van der Waals surface area contributed by atoms with Gasteiger partial charge in [0.25, 0.3) is 0 Å². The van der Waals surface area contributed by atoms with E-state index in [9.17, 15) is 9.59 Å². The van der Waals surface area contributed by atoms with Crippen molar-refractivity contribution in [2.24, 2.45) is 5.41 Å². The first-order chi connectivity index (χ1) is 7.27. The molecule has 0 aliphatic heterocycles. The van der Waals surface area contributed by atoms with E-state index < -0.39 is 5.97 Å². The lowest BCUT2D eigenvalue weighted by atomic mass is 9.84. The third kappa shape index (κ3) is 6.40. The number of rotatable bonds is 6. The quantitative estimate of drug-likeness (QED) is 0.624. The molecule has 0 aliphatic rings. The summed E-state index contributed by atoms with van der Waals surface area (Å²) < 4.78 is 0. The molecule has 0 fully saturated rings. The van der Waals surface area contributed by atoms with Gasteiger partial charge in [0.15, 0.2) is 0 Å². The van der Waals surface area contributed by atoms with E-state index in [4.69, 9.17) is 5.11 Å². The van der Waals surface area contributed by atoms with Gasteiger partial charge in [-0.3, -0.25) is 9.59 Å². The first kappa shape index (κ1) is 14.9. The Balaban J connectivity index is 4.32. The molecule has 3 N–H and O–H groups in total. The highest BCUT2D eigenvalue weighted by atomic mass is 16.4. The monoisotopic (exact) mass is 230 g/mol. The highest BCUT2D eigenvalue weighted by Crippen LogP contribution is 2.21. The van der Waals surface area contributed by atoms with Crippen molar-refractivity contribution in [3.8, 4) is 0 Å². The molecule has 0 saturated heterocycles. The molecule has 0 radical (unpaired) electrons. The lowest BCUT2D eigenvalue weighted by Gasteiger charge is -2.30. The molecule has 16 heavy (non-hydrogen) atoms. The van der Waals surface area contributed by atoms with Crippen molar-refractivity contribution >= 4 is 11.9 Å². The summed E-state index contributed by atoms with van der Waals surface area (Å²) in [4.78, 5) is 22.2. The van der Waals surface area contributed by atoms with Gasteiger partial charge in [-0.15, -0.1) is 0 Å². The van der Waals surface area contributed by atoms with E-state index in [0.717, 1.165) is 0 Å². The molecule has 94 valence electrons. The predicted octanol–water partition coefficient (Wildman–Crippen LogP) is 0.601. The van der Waals surface area contributed by atoms with Crippen LogP contribution < -0.4 is 10.6 Å². The van der Waals surface area contributed by atoms with Crippen molar-refractivity contribution in [2.75, 3.05) is 13.6 Å². The van der Waals surface area contributed by atoms with Crippen LogP contribution >= 0.6 is 0 Å². The minimum Gasteiger partial charge on any atom is -0.481 e. The molecule has 0 bridgehead atoms. The fourth-order valence-corrected chi connectivity index (χ4v) is 1.25. The second kappa shape index (κ2) is 6.48. The van der Waals surface area contributed by atoms with Crippen molar-refractivity contribution in [1.29, 1.82) is 0 Å². The summed E-state index contributed by atoms with van der Waals surface area (Å²) in [5, 5.41) is 14.4. The van der Waals surface area contributed by atoms with Crippen LogP contribution in [0, 0.1) is 5.41 Å². The summed E-state index contributed by atoms with van der Waals surface area (Å²) in [6.07, 6.45) is 0.317. The van der Waals surface area contributed by atoms with Gasteiger partial charge in [0.2, 0.25) is 5.91 Å². The maximum atomic E-state index is 11.5. The fraction of sp³-hybridized carbons (Fsp3) is 0.818. The zero-order valence-corrected chi connectivity index (χ0v) is 10.5. The maximum Gasteiger partial charge on any atom is 0.305 e. The van der Waals surface area contributed by atoms with E-state index in [1.807, 2.05) is 20.8 Å². The summed E-state index contributed by atoms with van der Waals surface area (Å²) in [6.45, 7) is 6.34. The largest absolute Gasteiger partial charge is 0.481 e. The third-order valence-corrected chi connectivity index (χ3v) is 2.36. The Morgan fingerprint density at radius 1 is 1.31 bits per heavy atom. The number of carbonyl (C=O) groups is 2. The fourth-order valence-electron chi connectivity index (χ4n) is 1.25. The molecule has 0 aromatic rings. The van der Waals surface area contributed by atoms with Crippen LogP contribution in [0.4, 0.5) is 0 Å². The van der Waals surface area contributed by atoms with Gasteiger partial charge in [0.05, 0.1) is 6.42 Å². The zero-order valence-electron chi connectivity index (χ0n) is 10.5. The Bertz CT molecular complexity index is 246. The van der Waals surface area contributed by atoms with E-state index >= 15 is 0 Å². The highest BCUT2D eigenvalue weighted by Gasteiger charge is 2.28. The van der Waals surface area contributed by atoms with Crippen molar-refractivity contribution in [3.63, 3.8) is 0 Å². The van der Waals surface area contributed by atoms with E-state index in [0.29, 0.717) is 13.0 Å². The average Bonchev–Trinajstić information content (AvgIpc) is 2.11. The van der Waals surface area contributed by atoms with Gasteiger partial charge in [-0.05, 0) is 12.5 Å². The summed E-state index contributed by atoms with van der Waals surface area (Å²) in [7, 11) is 1.77. The van der Waals surface area contributed by atoms with Crippen LogP contribution in [0.25, 0.3) is 0 Å². The molecule has 0 spiro atoms. The number of hydrogen-bond acceptors (Lipinski definition) is 3. The number of carboxylic acids is 1. The Labute approximate surface area is 96.6 Å². The molecule has 5 heteroatoms. The summed E-state index contributed by atoms with van der Waals surface area (Å²) >= 11 is 0. The molecule has 1 amide bonds. The number of aliphatic carboxylic acids is 1. The smallest absolute Gasteiger partial charge is 0.305 e. The second-order valence-electron chi connectivity index (χ2n) is 4.94. The highest BCUT2D eigenvalue weighted by molar-refractivity contribution is 5.77. The Hall–Kier alpha value is -1.10. The lowest BCUT2D eigenvalue weighted by Crippen LogP contribution is -2.45. The molecule has 0 rings (SSSR count). The van der Waals surface area contributed by atoms with Crippen molar-refractivity contribution < 1.29 is 14.7 Å². The number of carbonyl (C=O) groups excluding carboxylic acids is 1. The minimum atomic E-state index is -0.895. The number of nitrogens with one attached hydrogen (secondary N) is 2. The Kier molecular flexibility index (Phi) is 6.03. The predicted molar refractivity (Wildman–Crippen MR) is 62.2 cm³/mol. The first-order valence-electron chi connectivity index (χ1n) is 5.43. The van der Waals surface area contributed by atoms with Crippen LogP contribution in [-0.4, -0.2) is 36.6 Å². The molecule has 5 nitrogen and oxygen atoms in total. The van der Waals surface area contributed by atoms with Crippen LogP contribution in [0.15, 0.2) is 0 Å². The van der Waals surface area contributed by atoms with Crippen LogP contribution in [0.5, 0.6) is 0 Å². The molecule has 1 atom stereocenters. The Morgan fingerprint density at radius 3 is 2.25 bits per heavy atom. The van der Waals surface area contributed by atoms with E-state index in [1.165, 1.54) is 0 Å². The van der Waals surface area contributed by atoms with Gasteiger partial charge in [-0.25, -0.2) is 0 Å². The number of hydrogen-bond donors (Lipinski definition) is 3. The van der Waals surface area contributed by atoms with Gasteiger partial charge < -0.3 is 15.7 Å². The van der Waals surface area contributed by atoms with Crippen LogP contribution in [0.3, 0.4) is 0 Å². The van der Waals surface area contributed by atoms with Crippen molar-refractivity contribution in [1.82, 2.24) is 10.6 Å². The number of carboxylic acid groups (broad SMARTS) is 1. The number of amides is 1. The molecular weight excluding hydrogens is 208 g/mol. The van der Waals surface area contributed by atoms with Gasteiger partial charge in [0, 0.05) is 19.0 Å². The van der Waals surface area contributed by atoms with Crippen molar-refractivity contribution in [2.45, 2.75) is 39.7 Å². The van der Waals surface area contributed by atoms with Gasteiger partial charge in [-0.2, -0.15) is 0 Å². The van der Waals surface area contributed by atoms with E-state index in [2.05, 4.69) is 10.6 Å². The molecule has 0 aromatic heterocycles. The first-order valence-corrected chi connectivity index (χ1v) is 5.43. The summed E-state index contributed by atoms with van der Waals surface area (Å²) in [6, 6.07) is -0.339. The summed E-state index contributed by atoms with van der Waals surface area (Å²) in [5.74, 6) is -1.01. The van der Waals surface area contributed by atoms with Crippen LogP contribution in [-0.2, 0) is 9.59 Å². The van der Waals surface area contributed by atoms with Gasteiger partial charge in [-0.1, -0.05) is 20.8 Å². The topological polar surface area (TPSA) is 78.4 Å². The minimum absolute atomic E-state index is 0.0468. The van der Waals surface area contributed by atoms with Gasteiger partial charge >= 0.3 is 5.97 Å². The standard InChI is InChI=1S/C11H22N2O3/c1-11(2,3)8(7-10(15)16)13-9(14)5-6-12-4/h8,12H,5-7H2,1-4H3,(H,13,14)(H,15,16). The van der Waals surface area contributed by atoms with Gasteiger partial charge in [0.1, 0.15) is 0 Å². The third-order valence-electron chi connectivity index (χ3n) is 2.36. The Morgan fingerprint density at radius 2 is 1.88 bits per heavy atom. The normalized spacial score (nSPS) is 13.2. The maximum absolute atomic E-state index is 11.5. The zero-order chi connectivity index (χ0) is 12.8. The molecule has 1 unspecified atom stereocenters. The molecule has 0 saturated carbocycles. The summed E-state index contributed by atoms with van der Waals surface area (Å²) in [5.41, 5.74) is -0.256. The van der Waals surface area contributed by atoms with E-state index in [1.54, 1.807) is 7.05 Å². The molecular formula is C11H22N2O3. The second-order valence-corrected chi connectivity index (χ2v) is 4.94. The van der Waals surface area contributed by atoms with Crippen LogP contribution in [0.2, 0.25) is 0 Å². The van der Waals surface area contributed by atoms with Crippen molar-refractivity contribution in [3.05, 3.63) is 0 Å². The SMILES string of the molecule is CNCCC(=O)NC(CC(=O)O)C(C)(C)C. The average molecular weight is 230 g/mol. The molecule has 0 aromatic carbocycles.